The van der Waals surface area contributed by atoms with Gasteiger partial charge in [0.25, 0.3) is 0 Å². The summed E-state index contributed by atoms with van der Waals surface area (Å²) in [6.07, 6.45) is 9.19. The first-order valence-corrected chi connectivity index (χ1v) is 6.74. The van der Waals surface area contributed by atoms with Crippen LogP contribution in [0.5, 0.6) is 0 Å². The molecule has 0 aromatic carbocycles. The highest BCUT2D eigenvalue weighted by Gasteiger charge is 2.31. The van der Waals surface area contributed by atoms with E-state index in [2.05, 4.69) is 28.2 Å². The highest BCUT2D eigenvalue weighted by atomic mass is 15.2. The lowest BCUT2D eigenvalue weighted by Gasteiger charge is -2.35. The van der Waals surface area contributed by atoms with Gasteiger partial charge in [-0.15, -0.1) is 0 Å². The van der Waals surface area contributed by atoms with E-state index in [4.69, 9.17) is 0 Å². The van der Waals surface area contributed by atoms with Gasteiger partial charge in [-0.1, -0.05) is 0 Å². The van der Waals surface area contributed by atoms with E-state index >= 15 is 0 Å². The number of fused-ring (bicyclic) bond motifs is 1. The van der Waals surface area contributed by atoms with Crippen molar-refractivity contribution in [2.45, 2.75) is 44.7 Å². The molecule has 0 saturated carbocycles. The van der Waals surface area contributed by atoms with E-state index < -0.39 is 0 Å². The van der Waals surface area contributed by atoms with Crippen molar-refractivity contribution in [3.8, 4) is 0 Å². The second kappa shape index (κ2) is 4.65. The first-order chi connectivity index (χ1) is 8.33. The van der Waals surface area contributed by atoms with Gasteiger partial charge in [-0.3, -0.25) is 4.98 Å². The van der Waals surface area contributed by atoms with E-state index in [9.17, 15) is 0 Å². The molecule has 0 spiro atoms. The Morgan fingerprint density at radius 1 is 1.35 bits per heavy atom. The van der Waals surface area contributed by atoms with Crippen LogP contribution in [0.25, 0.3) is 0 Å². The lowest BCUT2D eigenvalue weighted by Crippen LogP contribution is -2.42. The minimum Gasteiger partial charge on any atom is -0.382 e. The van der Waals surface area contributed by atoms with Gasteiger partial charge in [0, 0.05) is 36.7 Å². The third-order valence-electron chi connectivity index (χ3n) is 4.20. The van der Waals surface area contributed by atoms with E-state index in [1.165, 1.54) is 50.0 Å². The van der Waals surface area contributed by atoms with Gasteiger partial charge in [0.1, 0.15) is 0 Å². The average Bonchev–Trinajstić information content (AvgIpc) is 2.79. The maximum Gasteiger partial charge on any atom is 0.0402 e. The van der Waals surface area contributed by atoms with Crippen molar-refractivity contribution in [3.63, 3.8) is 0 Å². The molecule has 0 amide bonds. The number of pyridine rings is 1. The van der Waals surface area contributed by atoms with E-state index in [-0.39, 0.29) is 0 Å². The van der Waals surface area contributed by atoms with Gasteiger partial charge in [-0.05, 0) is 50.8 Å². The van der Waals surface area contributed by atoms with Crippen LogP contribution in [0.1, 0.15) is 31.2 Å². The van der Waals surface area contributed by atoms with E-state index in [1.54, 1.807) is 0 Å². The maximum absolute atomic E-state index is 4.14. The monoisotopic (exact) mass is 231 g/mol. The number of anilines is 1. The normalized spacial score (nSPS) is 29.0. The van der Waals surface area contributed by atoms with Crippen LogP contribution in [-0.2, 0) is 0 Å². The zero-order valence-corrected chi connectivity index (χ0v) is 10.5. The summed E-state index contributed by atoms with van der Waals surface area (Å²) in [6, 6.07) is 3.58. The summed E-state index contributed by atoms with van der Waals surface area (Å²) in [4.78, 5) is 6.81. The number of nitrogens with zero attached hydrogens (tertiary/aromatic N) is 2. The van der Waals surface area contributed by atoms with Gasteiger partial charge in [-0.2, -0.15) is 0 Å². The molecule has 2 fully saturated rings. The second-order valence-electron chi connectivity index (χ2n) is 5.39. The third kappa shape index (κ3) is 2.29. The van der Waals surface area contributed by atoms with Gasteiger partial charge in [-0.25, -0.2) is 0 Å². The molecule has 1 aromatic heterocycles. The zero-order valence-electron chi connectivity index (χ0n) is 10.5. The van der Waals surface area contributed by atoms with Crippen molar-refractivity contribution in [3.05, 3.63) is 24.0 Å². The molecule has 2 aliphatic rings. The fourth-order valence-corrected chi connectivity index (χ4v) is 3.21. The topological polar surface area (TPSA) is 28.2 Å². The van der Waals surface area contributed by atoms with E-state index in [0.717, 1.165) is 6.04 Å². The Morgan fingerprint density at radius 2 is 2.29 bits per heavy atom. The molecule has 2 unspecified atom stereocenters. The molecule has 3 nitrogen and oxygen atoms in total. The second-order valence-corrected chi connectivity index (χ2v) is 5.39. The summed E-state index contributed by atoms with van der Waals surface area (Å²) < 4.78 is 0. The number of rotatable bonds is 2. The van der Waals surface area contributed by atoms with E-state index in [0.29, 0.717) is 6.04 Å². The van der Waals surface area contributed by atoms with Crippen molar-refractivity contribution in [1.82, 2.24) is 9.88 Å². The van der Waals surface area contributed by atoms with Crippen LogP contribution >= 0.6 is 0 Å². The van der Waals surface area contributed by atoms with Crippen LogP contribution in [0.15, 0.2) is 18.5 Å². The Balaban J connectivity index is 1.64. The van der Waals surface area contributed by atoms with Crippen LogP contribution in [-0.4, -0.2) is 35.1 Å². The molecule has 0 radical (unpaired) electrons. The molecule has 3 rings (SSSR count). The molecular formula is C14H21N3. The number of aromatic nitrogens is 1. The Bertz CT molecular complexity index is 391. The minimum absolute atomic E-state index is 0.649. The lowest BCUT2D eigenvalue weighted by molar-refractivity contribution is 0.188. The summed E-state index contributed by atoms with van der Waals surface area (Å²) in [7, 11) is 0. The summed E-state index contributed by atoms with van der Waals surface area (Å²) in [5.74, 6) is 0. The molecule has 1 aromatic rings. The van der Waals surface area contributed by atoms with E-state index in [1.807, 2.05) is 12.4 Å². The predicted molar refractivity (Wildman–Crippen MR) is 70.2 cm³/mol. The number of piperidine rings is 1. The number of aryl methyl sites for hydroxylation is 1. The largest absolute Gasteiger partial charge is 0.382 e. The number of hydrogen-bond acceptors (Lipinski definition) is 3. The van der Waals surface area contributed by atoms with Crippen LogP contribution in [0.2, 0.25) is 0 Å². The van der Waals surface area contributed by atoms with Crippen molar-refractivity contribution >= 4 is 5.69 Å². The first kappa shape index (κ1) is 11.0. The fraction of sp³-hybridized carbons (Fsp3) is 0.643. The van der Waals surface area contributed by atoms with Crippen LogP contribution < -0.4 is 5.32 Å². The first-order valence-electron chi connectivity index (χ1n) is 6.74. The summed E-state index contributed by atoms with van der Waals surface area (Å²) >= 11 is 0. The highest BCUT2D eigenvalue weighted by molar-refractivity contribution is 5.49. The molecule has 3 heteroatoms. The molecule has 1 N–H and O–H groups in total. The average molecular weight is 231 g/mol. The Kier molecular flexibility index (Phi) is 3.02. The molecule has 92 valence electrons. The SMILES string of the molecule is Cc1cnccc1NC1CCN2CCCC2C1. The Labute approximate surface area is 103 Å². The van der Waals surface area contributed by atoms with Crippen molar-refractivity contribution in [1.29, 1.82) is 0 Å². The van der Waals surface area contributed by atoms with Gasteiger partial charge < -0.3 is 10.2 Å². The summed E-state index contributed by atoms with van der Waals surface area (Å²) in [5.41, 5.74) is 2.51. The molecule has 2 saturated heterocycles. The van der Waals surface area contributed by atoms with Gasteiger partial charge in [0.2, 0.25) is 0 Å². The summed E-state index contributed by atoms with van der Waals surface area (Å²) in [5, 5.41) is 3.70. The molecule has 2 atom stereocenters. The quantitative estimate of drug-likeness (QED) is 0.847. The Hall–Kier alpha value is -1.09. The smallest absolute Gasteiger partial charge is 0.0402 e. The van der Waals surface area contributed by atoms with Crippen LogP contribution in [0.3, 0.4) is 0 Å². The number of nitrogens with one attached hydrogen (secondary N) is 1. The zero-order chi connectivity index (χ0) is 11.7. The third-order valence-corrected chi connectivity index (χ3v) is 4.20. The molecule has 0 aliphatic carbocycles. The van der Waals surface area contributed by atoms with Gasteiger partial charge in [0.05, 0.1) is 0 Å². The predicted octanol–water partition coefficient (Wildman–Crippen LogP) is 2.43. The summed E-state index contributed by atoms with van der Waals surface area (Å²) in [6.45, 7) is 4.72. The van der Waals surface area contributed by atoms with Crippen LogP contribution in [0, 0.1) is 6.92 Å². The molecule has 0 bridgehead atoms. The minimum atomic E-state index is 0.649. The Morgan fingerprint density at radius 3 is 3.18 bits per heavy atom. The van der Waals surface area contributed by atoms with Gasteiger partial charge >= 0.3 is 0 Å². The van der Waals surface area contributed by atoms with Crippen molar-refractivity contribution in [2.75, 3.05) is 18.4 Å². The number of hydrogen-bond donors (Lipinski definition) is 1. The van der Waals surface area contributed by atoms with Gasteiger partial charge in [0.15, 0.2) is 0 Å². The molecule has 2 aliphatic heterocycles. The molecule has 3 heterocycles. The maximum atomic E-state index is 4.14. The lowest BCUT2D eigenvalue weighted by atomic mass is 9.97. The highest BCUT2D eigenvalue weighted by Crippen LogP contribution is 2.28. The fourth-order valence-electron chi connectivity index (χ4n) is 3.21. The molecule has 17 heavy (non-hydrogen) atoms. The standard InChI is InChI=1S/C14H21N3/c1-11-10-15-6-4-14(11)16-12-5-8-17-7-2-3-13(17)9-12/h4,6,10,12-13H,2-3,5,7-9H2,1H3,(H,15,16). The van der Waals surface area contributed by atoms with Crippen molar-refractivity contribution in [2.24, 2.45) is 0 Å². The van der Waals surface area contributed by atoms with Crippen molar-refractivity contribution < 1.29 is 0 Å². The molecular weight excluding hydrogens is 210 g/mol. The van der Waals surface area contributed by atoms with Crippen LogP contribution in [0.4, 0.5) is 5.69 Å².